The lowest BCUT2D eigenvalue weighted by Crippen LogP contribution is -2.57. The molecule has 2 nitrogen and oxygen atoms in total. The Bertz CT molecular complexity index is 145. The molecule has 0 amide bonds. The van der Waals surface area contributed by atoms with Crippen LogP contribution >= 0.6 is 0 Å². The lowest BCUT2D eigenvalue weighted by atomic mass is 10.0. The monoisotopic (exact) mass is 170 g/mol. The molecule has 0 aromatic rings. The zero-order valence-electron chi connectivity index (χ0n) is 9.04. The van der Waals surface area contributed by atoms with E-state index in [0.717, 1.165) is 0 Å². The number of likely N-dealkylation sites (N-methyl/N-ethyl adjacent to an activating group) is 1. The van der Waals surface area contributed by atoms with Gasteiger partial charge in [0, 0.05) is 31.2 Å². The van der Waals surface area contributed by atoms with Crippen LogP contribution in [0.1, 0.15) is 27.7 Å². The molecule has 0 radical (unpaired) electrons. The van der Waals surface area contributed by atoms with Gasteiger partial charge in [-0.3, -0.25) is 4.90 Å². The number of nitrogens with zero attached hydrogens (tertiary/aromatic N) is 2. The molecule has 1 saturated heterocycles. The predicted octanol–water partition coefficient (Wildman–Crippen LogP) is 1.42. The zero-order valence-corrected chi connectivity index (χ0v) is 9.04. The third kappa shape index (κ3) is 1.80. The summed E-state index contributed by atoms with van der Waals surface area (Å²) in [4.78, 5) is 5.04. The van der Waals surface area contributed by atoms with Crippen molar-refractivity contribution in [1.82, 2.24) is 9.80 Å². The van der Waals surface area contributed by atoms with Crippen LogP contribution in [0.4, 0.5) is 0 Å². The molecular weight excluding hydrogens is 148 g/mol. The van der Waals surface area contributed by atoms with Gasteiger partial charge in [-0.05, 0) is 34.7 Å². The Labute approximate surface area is 76.5 Å². The van der Waals surface area contributed by atoms with E-state index < -0.39 is 0 Å². The summed E-state index contributed by atoms with van der Waals surface area (Å²) in [6.07, 6.45) is 0. The van der Waals surface area contributed by atoms with Crippen molar-refractivity contribution in [2.24, 2.45) is 0 Å². The Balaban J connectivity index is 2.58. The van der Waals surface area contributed by atoms with Crippen molar-refractivity contribution in [2.75, 3.05) is 20.1 Å². The van der Waals surface area contributed by atoms with Crippen molar-refractivity contribution in [3.8, 4) is 0 Å². The highest BCUT2D eigenvalue weighted by molar-refractivity contribution is 4.86. The van der Waals surface area contributed by atoms with Crippen LogP contribution in [0, 0.1) is 0 Å². The van der Waals surface area contributed by atoms with Crippen molar-refractivity contribution in [3.05, 3.63) is 0 Å². The van der Waals surface area contributed by atoms with Crippen LogP contribution in [0.3, 0.4) is 0 Å². The van der Waals surface area contributed by atoms with Crippen molar-refractivity contribution >= 4 is 0 Å². The SMILES string of the molecule is CC1C(C)N(C(C)C)CCN1C. The molecule has 72 valence electrons. The van der Waals surface area contributed by atoms with E-state index in [-0.39, 0.29) is 0 Å². The van der Waals surface area contributed by atoms with E-state index in [4.69, 9.17) is 0 Å². The molecule has 12 heavy (non-hydrogen) atoms. The van der Waals surface area contributed by atoms with Gasteiger partial charge in [-0.1, -0.05) is 0 Å². The van der Waals surface area contributed by atoms with Crippen LogP contribution in [0.15, 0.2) is 0 Å². The van der Waals surface area contributed by atoms with Gasteiger partial charge in [-0.25, -0.2) is 0 Å². The van der Waals surface area contributed by atoms with Crippen molar-refractivity contribution in [3.63, 3.8) is 0 Å². The zero-order chi connectivity index (χ0) is 9.30. The molecule has 0 bridgehead atoms. The summed E-state index contributed by atoms with van der Waals surface area (Å²) in [6, 6.07) is 2.08. The molecule has 0 aromatic carbocycles. The van der Waals surface area contributed by atoms with Crippen LogP contribution in [0.25, 0.3) is 0 Å². The van der Waals surface area contributed by atoms with Gasteiger partial charge in [0.15, 0.2) is 0 Å². The fraction of sp³-hybridized carbons (Fsp3) is 1.00. The van der Waals surface area contributed by atoms with Gasteiger partial charge in [-0.2, -0.15) is 0 Å². The van der Waals surface area contributed by atoms with Crippen LogP contribution < -0.4 is 0 Å². The minimum absolute atomic E-state index is 0.691. The standard InChI is InChI=1S/C10H22N2/c1-8(2)12-7-6-11(5)9(3)10(12)4/h8-10H,6-7H2,1-5H3. The number of rotatable bonds is 1. The molecule has 0 aromatic heterocycles. The van der Waals surface area contributed by atoms with Gasteiger partial charge < -0.3 is 4.90 Å². The lowest BCUT2D eigenvalue weighted by Gasteiger charge is -2.45. The van der Waals surface area contributed by atoms with Crippen LogP contribution in [-0.4, -0.2) is 48.1 Å². The third-order valence-corrected chi connectivity index (χ3v) is 3.29. The molecular formula is C10H22N2. The number of hydrogen-bond donors (Lipinski definition) is 0. The molecule has 1 heterocycles. The summed E-state index contributed by atoms with van der Waals surface area (Å²) in [5, 5.41) is 0. The maximum absolute atomic E-state index is 2.59. The molecule has 0 N–H and O–H groups in total. The highest BCUT2D eigenvalue weighted by Gasteiger charge is 2.29. The number of piperazine rings is 1. The minimum Gasteiger partial charge on any atom is -0.301 e. The first-order valence-corrected chi connectivity index (χ1v) is 5.00. The Morgan fingerprint density at radius 3 is 2.17 bits per heavy atom. The molecule has 1 fully saturated rings. The van der Waals surface area contributed by atoms with Gasteiger partial charge >= 0.3 is 0 Å². The molecule has 0 aliphatic carbocycles. The lowest BCUT2D eigenvalue weighted by molar-refractivity contribution is 0.0319. The van der Waals surface area contributed by atoms with E-state index in [2.05, 4.69) is 44.5 Å². The summed E-state index contributed by atoms with van der Waals surface area (Å²) in [7, 11) is 2.22. The van der Waals surface area contributed by atoms with E-state index in [1.165, 1.54) is 13.1 Å². The van der Waals surface area contributed by atoms with Crippen LogP contribution in [0.2, 0.25) is 0 Å². The van der Waals surface area contributed by atoms with E-state index >= 15 is 0 Å². The fourth-order valence-corrected chi connectivity index (χ4v) is 2.05. The van der Waals surface area contributed by atoms with Crippen molar-refractivity contribution in [2.45, 2.75) is 45.8 Å². The minimum atomic E-state index is 0.691. The highest BCUT2D eigenvalue weighted by atomic mass is 15.3. The van der Waals surface area contributed by atoms with Gasteiger partial charge in [-0.15, -0.1) is 0 Å². The summed E-state index contributed by atoms with van der Waals surface area (Å²) >= 11 is 0. The maximum Gasteiger partial charge on any atom is 0.0223 e. The van der Waals surface area contributed by atoms with Gasteiger partial charge in [0.2, 0.25) is 0 Å². The fourth-order valence-electron chi connectivity index (χ4n) is 2.05. The summed E-state index contributed by atoms with van der Waals surface area (Å²) in [6.45, 7) is 11.7. The first kappa shape index (κ1) is 10.0. The Kier molecular flexibility index (Phi) is 3.13. The molecule has 0 saturated carbocycles. The summed E-state index contributed by atoms with van der Waals surface area (Å²) < 4.78 is 0. The smallest absolute Gasteiger partial charge is 0.0223 e. The van der Waals surface area contributed by atoms with Gasteiger partial charge in [0.25, 0.3) is 0 Å². The van der Waals surface area contributed by atoms with Gasteiger partial charge in [0.05, 0.1) is 0 Å². The van der Waals surface area contributed by atoms with E-state index in [1.807, 2.05) is 0 Å². The maximum atomic E-state index is 2.59. The van der Waals surface area contributed by atoms with Gasteiger partial charge in [0.1, 0.15) is 0 Å². The second-order valence-electron chi connectivity index (χ2n) is 4.29. The summed E-state index contributed by atoms with van der Waals surface area (Å²) in [5.41, 5.74) is 0. The number of hydrogen-bond acceptors (Lipinski definition) is 2. The van der Waals surface area contributed by atoms with E-state index in [1.54, 1.807) is 0 Å². The molecule has 1 aliphatic rings. The highest BCUT2D eigenvalue weighted by Crippen LogP contribution is 2.17. The molecule has 1 aliphatic heterocycles. The molecule has 1 rings (SSSR count). The molecule has 0 spiro atoms. The topological polar surface area (TPSA) is 6.48 Å². The Morgan fingerprint density at radius 2 is 1.67 bits per heavy atom. The molecule has 2 atom stereocenters. The third-order valence-electron chi connectivity index (χ3n) is 3.29. The van der Waals surface area contributed by atoms with Crippen LogP contribution in [-0.2, 0) is 0 Å². The summed E-state index contributed by atoms with van der Waals surface area (Å²) in [5.74, 6) is 0. The van der Waals surface area contributed by atoms with Crippen molar-refractivity contribution < 1.29 is 0 Å². The Morgan fingerprint density at radius 1 is 1.08 bits per heavy atom. The van der Waals surface area contributed by atoms with Crippen molar-refractivity contribution in [1.29, 1.82) is 0 Å². The van der Waals surface area contributed by atoms with E-state index in [0.29, 0.717) is 18.1 Å². The molecule has 2 unspecified atom stereocenters. The quantitative estimate of drug-likeness (QED) is 0.587. The molecule has 2 heteroatoms. The van der Waals surface area contributed by atoms with E-state index in [9.17, 15) is 0 Å². The Hall–Kier alpha value is -0.0800. The van der Waals surface area contributed by atoms with Crippen LogP contribution in [0.5, 0.6) is 0 Å². The first-order valence-electron chi connectivity index (χ1n) is 5.00. The normalized spacial score (nSPS) is 34.5. The second-order valence-corrected chi connectivity index (χ2v) is 4.29. The second kappa shape index (κ2) is 3.75. The average Bonchev–Trinajstić information content (AvgIpc) is 2.00. The largest absolute Gasteiger partial charge is 0.301 e. The first-order chi connectivity index (χ1) is 5.54. The predicted molar refractivity (Wildman–Crippen MR) is 53.4 cm³/mol. The average molecular weight is 170 g/mol.